The Morgan fingerprint density at radius 1 is 0.974 bits per heavy atom. The third-order valence-corrected chi connectivity index (χ3v) is 6.61. The highest BCUT2D eigenvalue weighted by atomic mass is 32.2. The maximum absolute atomic E-state index is 15.3. The van der Waals surface area contributed by atoms with Crippen LogP contribution in [0.4, 0.5) is 14.7 Å². The second-order valence-corrected chi connectivity index (χ2v) is 9.54. The number of rotatable bonds is 9. The molecule has 0 radical (unpaired) electrons. The predicted octanol–water partition coefficient (Wildman–Crippen LogP) is 3.37. The van der Waals surface area contributed by atoms with Crippen LogP contribution in [-0.2, 0) is 10.9 Å². The predicted molar refractivity (Wildman–Crippen MR) is 141 cm³/mol. The topological polar surface area (TPSA) is 131 Å². The van der Waals surface area contributed by atoms with Crippen molar-refractivity contribution in [1.82, 2.24) is 30.0 Å². The molecule has 0 saturated carbocycles. The van der Waals surface area contributed by atoms with Crippen molar-refractivity contribution < 1.29 is 21.9 Å². The van der Waals surface area contributed by atoms with Gasteiger partial charge in [-0.25, -0.2) is 32.5 Å². The van der Waals surface area contributed by atoms with Crippen LogP contribution in [0.3, 0.4) is 0 Å². The minimum absolute atomic E-state index is 0.00886. The van der Waals surface area contributed by atoms with Gasteiger partial charge < -0.3 is 15.4 Å². The lowest BCUT2D eigenvalue weighted by Gasteiger charge is -2.23. The van der Waals surface area contributed by atoms with E-state index >= 15 is 8.78 Å². The van der Waals surface area contributed by atoms with Crippen LogP contribution in [0.5, 0.6) is 11.6 Å². The fraction of sp³-hybridized carbons (Fsp3) is 0.231. The van der Waals surface area contributed by atoms with Gasteiger partial charge in [-0.05, 0) is 55.8 Å². The van der Waals surface area contributed by atoms with Crippen molar-refractivity contribution in [2.75, 3.05) is 18.4 Å². The van der Waals surface area contributed by atoms with E-state index in [1.54, 1.807) is 36.5 Å². The van der Waals surface area contributed by atoms with Gasteiger partial charge in [0, 0.05) is 36.7 Å². The molecule has 4 heterocycles. The zero-order valence-corrected chi connectivity index (χ0v) is 21.4. The van der Waals surface area contributed by atoms with Crippen molar-refractivity contribution in [3.8, 4) is 22.9 Å². The molecule has 1 saturated heterocycles. The minimum Gasteiger partial charge on any atom is -0.435 e. The molecular weight excluding hydrogens is 528 g/mol. The number of benzene rings is 1. The van der Waals surface area contributed by atoms with Gasteiger partial charge in [0.15, 0.2) is 11.6 Å². The van der Waals surface area contributed by atoms with E-state index in [9.17, 15) is 8.42 Å². The molecule has 3 aromatic heterocycles. The van der Waals surface area contributed by atoms with Gasteiger partial charge in [0.1, 0.15) is 0 Å². The number of hydrogen-bond acceptors (Lipinski definition) is 9. The van der Waals surface area contributed by atoms with Crippen LogP contribution >= 0.6 is 0 Å². The second-order valence-electron chi connectivity index (χ2n) is 8.77. The Labute approximate surface area is 225 Å². The molecule has 1 aliphatic heterocycles. The van der Waals surface area contributed by atoms with Gasteiger partial charge in [-0.15, -0.1) is 0 Å². The molecule has 3 N–H and O–H groups in total. The third kappa shape index (κ3) is 6.33. The van der Waals surface area contributed by atoms with Crippen LogP contribution in [-0.4, -0.2) is 47.5 Å². The Hall–Kier alpha value is -4.07. The Morgan fingerprint density at radius 3 is 2.62 bits per heavy atom. The number of ether oxygens (including phenoxy) is 1. The van der Waals surface area contributed by atoms with Gasteiger partial charge in [-0.1, -0.05) is 12.1 Å². The first-order valence-electron chi connectivity index (χ1n) is 12.2. The zero-order valence-electron chi connectivity index (χ0n) is 20.6. The van der Waals surface area contributed by atoms with Gasteiger partial charge >= 0.3 is 0 Å². The molecule has 10 nitrogen and oxygen atoms in total. The second kappa shape index (κ2) is 12.2. The highest BCUT2D eigenvalue weighted by Crippen LogP contribution is 2.35. The first kappa shape index (κ1) is 26.5. The molecule has 0 spiro atoms. The molecule has 4 aromatic rings. The number of aromatic nitrogens is 4. The molecule has 2 atom stereocenters. The molecule has 1 aromatic carbocycles. The number of nitrogens with zero attached hydrogens (tertiary/aromatic N) is 4. The van der Waals surface area contributed by atoms with Crippen LogP contribution in [0.1, 0.15) is 30.1 Å². The van der Waals surface area contributed by atoms with Crippen LogP contribution in [0.25, 0.3) is 11.3 Å². The fourth-order valence-electron chi connectivity index (χ4n) is 4.30. The summed E-state index contributed by atoms with van der Waals surface area (Å²) in [5, 5.41) is 6.64. The van der Waals surface area contributed by atoms with Crippen LogP contribution in [0.15, 0.2) is 67.1 Å². The van der Waals surface area contributed by atoms with Gasteiger partial charge in [-0.2, -0.15) is 4.39 Å². The van der Waals surface area contributed by atoms with Crippen molar-refractivity contribution in [1.29, 1.82) is 0 Å². The van der Waals surface area contributed by atoms with Gasteiger partial charge in [0.25, 0.3) is 0 Å². The zero-order chi connectivity index (χ0) is 27.2. The SMILES string of the molecule is O=[SH](=O)N[C@H](c1ccccn1)c1ccc(Oc2ncccc2-c2ccnc(N[C@H]3CCCNC3)n2)c(F)c1F. The summed E-state index contributed by atoms with van der Waals surface area (Å²) >= 11 is 0. The number of anilines is 1. The normalized spacial score (nSPS) is 16.1. The number of nitrogens with one attached hydrogen (secondary N) is 3. The average Bonchev–Trinajstić information content (AvgIpc) is 2.96. The summed E-state index contributed by atoms with van der Waals surface area (Å²) in [4.78, 5) is 17.1. The largest absolute Gasteiger partial charge is 0.435 e. The minimum atomic E-state index is -3.14. The summed E-state index contributed by atoms with van der Waals surface area (Å²) in [6.07, 6.45) is 6.52. The van der Waals surface area contributed by atoms with E-state index in [0.29, 0.717) is 17.2 Å². The maximum atomic E-state index is 15.3. The lowest BCUT2D eigenvalue weighted by Crippen LogP contribution is -2.38. The molecule has 39 heavy (non-hydrogen) atoms. The average molecular weight is 554 g/mol. The molecule has 0 unspecified atom stereocenters. The van der Waals surface area contributed by atoms with Crippen molar-refractivity contribution in [2.45, 2.75) is 24.9 Å². The summed E-state index contributed by atoms with van der Waals surface area (Å²) in [6.45, 7) is 1.78. The molecule has 1 aliphatic rings. The van der Waals surface area contributed by atoms with E-state index < -0.39 is 34.3 Å². The highest BCUT2D eigenvalue weighted by Gasteiger charge is 2.25. The summed E-state index contributed by atoms with van der Waals surface area (Å²) in [5.41, 5.74) is 0.885. The molecule has 0 bridgehead atoms. The third-order valence-electron chi connectivity index (χ3n) is 6.15. The van der Waals surface area contributed by atoms with Gasteiger partial charge in [0.05, 0.1) is 23.0 Å². The van der Waals surface area contributed by atoms with E-state index in [1.807, 2.05) is 0 Å². The Morgan fingerprint density at radius 2 is 1.85 bits per heavy atom. The van der Waals surface area contributed by atoms with E-state index in [1.165, 1.54) is 30.6 Å². The Kier molecular flexibility index (Phi) is 8.30. The molecule has 13 heteroatoms. The van der Waals surface area contributed by atoms with Crippen LogP contribution in [0.2, 0.25) is 0 Å². The summed E-state index contributed by atoms with van der Waals surface area (Å²) in [7, 11) is -3.14. The van der Waals surface area contributed by atoms with Gasteiger partial charge in [-0.3, -0.25) is 4.98 Å². The van der Waals surface area contributed by atoms with E-state index in [0.717, 1.165) is 25.9 Å². The molecule has 0 aliphatic carbocycles. The van der Waals surface area contributed by atoms with E-state index in [-0.39, 0.29) is 23.2 Å². The van der Waals surface area contributed by atoms with Crippen molar-refractivity contribution in [3.05, 3.63) is 90.0 Å². The van der Waals surface area contributed by atoms with Crippen LogP contribution < -0.4 is 20.1 Å². The van der Waals surface area contributed by atoms with Gasteiger partial charge in [0.2, 0.25) is 28.5 Å². The Balaban J connectivity index is 1.43. The summed E-state index contributed by atoms with van der Waals surface area (Å²) in [5.74, 6) is -2.57. The maximum Gasteiger partial charge on any atom is 0.228 e. The first-order chi connectivity index (χ1) is 19.0. The molecular formula is C26H25F2N7O3S. The summed E-state index contributed by atoms with van der Waals surface area (Å²) < 4.78 is 61.3. The smallest absolute Gasteiger partial charge is 0.228 e. The highest BCUT2D eigenvalue weighted by molar-refractivity contribution is 7.70. The molecule has 202 valence electrons. The lowest BCUT2D eigenvalue weighted by molar-refractivity contribution is 0.402. The lowest BCUT2D eigenvalue weighted by atomic mass is 10.0. The summed E-state index contributed by atoms with van der Waals surface area (Å²) in [6, 6.07) is 11.2. The van der Waals surface area contributed by atoms with Crippen LogP contribution in [0, 0.1) is 11.6 Å². The fourth-order valence-corrected chi connectivity index (χ4v) is 4.78. The molecule has 1 fully saturated rings. The number of hydrogen-bond donors (Lipinski definition) is 4. The van der Waals surface area contributed by atoms with Crippen molar-refractivity contribution >= 4 is 16.8 Å². The quantitative estimate of drug-likeness (QED) is 0.231. The number of piperidine rings is 1. The number of pyridine rings is 2. The monoisotopic (exact) mass is 553 g/mol. The van der Waals surface area contributed by atoms with Crippen molar-refractivity contribution in [3.63, 3.8) is 0 Å². The molecule has 0 amide bonds. The van der Waals surface area contributed by atoms with Crippen molar-refractivity contribution in [2.24, 2.45) is 0 Å². The molecule has 5 rings (SSSR count). The number of halogens is 2. The van der Waals surface area contributed by atoms with E-state index in [4.69, 9.17) is 4.74 Å². The first-order valence-corrected chi connectivity index (χ1v) is 13.4. The Bertz CT molecular complexity index is 1510. The standard InChI is InChI=1S/C26H25F2N7O3S/c27-22-18(24(35-39(36)37)20-7-1-2-12-30-20)8-9-21(23(22)28)38-25-17(6-4-13-31-25)19-10-14-32-26(34-19)33-16-5-3-11-29-15-16/h1-2,4,6-10,12-14,16,24,29,39H,3,5,11,15H2,(H,32,33,34)(H,35,36,37)/t16-,24-/m0/s1. The number of thiol groups is 1. The van der Waals surface area contributed by atoms with E-state index in [2.05, 4.69) is 35.3 Å².